The van der Waals surface area contributed by atoms with Gasteiger partial charge in [0.05, 0.1) is 5.56 Å². The molecule has 3 rings (SSSR count). The fraction of sp³-hybridized carbons (Fsp3) is 0. The minimum atomic E-state index is -0.961. The van der Waals surface area contributed by atoms with Gasteiger partial charge in [-0.15, -0.1) is 0 Å². The van der Waals surface area contributed by atoms with Gasteiger partial charge in [-0.3, -0.25) is 4.79 Å². The molecule has 0 saturated carbocycles. The molecule has 0 radical (unpaired) electrons. The second kappa shape index (κ2) is 6.88. The average Bonchev–Trinajstić information content (AvgIpc) is 2.62. The first-order chi connectivity index (χ1) is 12.1. The number of carboxylic acids is 1. The Hall–Kier alpha value is -3.60. The molecule has 0 heterocycles. The fourth-order valence-corrected chi connectivity index (χ4v) is 2.57. The molecule has 3 aromatic rings. The van der Waals surface area contributed by atoms with Gasteiger partial charge in [0.15, 0.2) is 0 Å². The molecule has 0 spiro atoms. The molecule has 0 aliphatic heterocycles. The van der Waals surface area contributed by atoms with Crippen molar-refractivity contribution in [3.05, 3.63) is 72.3 Å². The first-order valence-corrected chi connectivity index (χ1v) is 7.52. The largest absolute Gasteiger partial charge is 0.478 e. The van der Waals surface area contributed by atoms with Gasteiger partial charge in [-0.25, -0.2) is 4.79 Å². The molecule has 124 valence electrons. The summed E-state index contributed by atoms with van der Waals surface area (Å²) >= 11 is 0. The van der Waals surface area contributed by atoms with E-state index in [-0.39, 0.29) is 5.56 Å². The van der Waals surface area contributed by atoms with E-state index in [4.69, 9.17) is 15.6 Å². The Morgan fingerprint density at radius 1 is 0.840 bits per heavy atom. The number of hydrogen-bond donors (Lipinski definition) is 2. The molecular formula is C20H15NO4. The zero-order chi connectivity index (χ0) is 17.8. The summed E-state index contributed by atoms with van der Waals surface area (Å²) in [6, 6.07) is 19.4. The number of rotatable bonds is 5. The minimum absolute atomic E-state index is 0.235. The van der Waals surface area contributed by atoms with Crippen molar-refractivity contribution in [2.75, 3.05) is 5.73 Å². The Morgan fingerprint density at radius 3 is 1.84 bits per heavy atom. The highest BCUT2D eigenvalue weighted by Crippen LogP contribution is 2.30. The summed E-state index contributed by atoms with van der Waals surface area (Å²) < 4.78 is 4.79. The second-order valence-corrected chi connectivity index (χ2v) is 5.46. The Labute approximate surface area is 144 Å². The van der Waals surface area contributed by atoms with Crippen molar-refractivity contribution in [1.82, 2.24) is 0 Å². The molecule has 0 atom stereocenters. The minimum Gasteiger partial charge on any atom is -0.478 e. The topological polar surface area (TPSA) is 89.6 Å². The summed E-state index contributed by atoms with van der Waals surface area (Å²) in [6.45, 7) is 0.383. The first-order valence-electron chi connectivity index (χ1n) is 7.52. The lowest BCUT2D eigenvalue weighted by molar-refractivity contribution is -0.120. The van der Waals surface area contributed by atoms with Crippen molar-refractivity contribution in [2.24, 2.45) is 0 Å². The van der Waals surface area contributed by atoms with Crippen molar-refractivity contribution in [3.63, 3.8) is 0 Å². The van der Waals surface area contributed by atoms with E-state index in [2.05, 4.69) is 0 Å². The molecule has 0 unspecified atom stereocenters. The number of ether oxygens (including phenoxy) is 1. The molecule has 0 fully saturated rings. The number of nitrogens with two attached hydrogens (primary N) is 1. The Kier molecular flexibility index (Phi) is 4.48. The number of aromatic carboxylic acids is 1. The van der Waals surface area contributed by atoms with Crippen molar-refractivity contribution in [2.45, 2.75) is 0 Å². The van der Waals surface area contributed by atoms with Crippen LogP contribution in [0.2, 0.25) is 0 Å². The monoisotopic (exact) mass is 333 g/mol. The maximum Gasteiger partial charge on any atom is 0.335 e. The number of carbonyl (C=O) groups excluding carboxylic acids is 1. The van der Waals surface area contributed by atoms with Gasteiger partial charge in [-0.2, -0.15) is 0 Å². The van der Waals surface area contributed by atoms with Crippen LogP contribution in [0.4, 0.5) is 5.69 Å². The van der Waals surface area contributed by atoms with Gasteiger partial charge in [0.25, 0.3) is 6.47 Å². The number of benzene rings is 3. The van der Waals surface area contributed by atoms with Gasteiger partial charge < -0.3 is 15.6 Å². The smallest absolute Gasteiger partial charge is 0.335 e. The van der Waals surface area contributed by atoms with Crippen molar-refractivity contribution < 1.29 is 19.4 Å². The van der Waals surface area contributed by atoms with Crippen LogP contribution in [-0.4, -0.2) is 17.5 Å². The van der Waals surface area contributed by atoms with E-state index >= 15 is 0 Å². The molecular weight excluding hydrogens is 318 g/mol. The molecule has 5 nitrogen and oxygen atoms in total. The summed E-state index contributed by atoms with van der Waals surface area (Å²) in [5.74, 6) is -0.496. The van der Waals surface area contributed by atoms with E-state index in [0.29, 0.717) is 17.9 Å². The van der Waals surface area contributed by atoms with Gasteiger partial charge in [0.1, 0.15) is 5.75 Å². The summed E-state index contributed by atoms with van der Waals surface area (Å²) in [6.07, 6.45) is 0. The van der Waals surface area contributed by atoms with Crippen LogP contribution in [0.3, 0.4) is 0 Å². The van der Waals surface area contributed by atoms with E-state index < -0.39 is 5.97 Å². The van der Waals surface area contributed by atoms with Crippen LogP contribution in [-0.2, 0) is 4.79 Å². The van der Waals surface area contributed by atoms with Crippen LogP contribution in [0.25, 0.3) is 22.3 Å². The average molecular weight is 333 g/mol. The number of carboxylic acid groups (broad SMARTS) is 1. The van der Waals surface area contributed by atoms with Crippen LogP contribution in [0.15, 0.2) is 66.7 Å². The molecule has 25 heavy (non-hydrogen) atoms. The van der Waals surface area contributed by atoms with Gasteiger partial charge >= 0.3 is 5.97 Å². The van der Waals surface area contributed by atoms with Gasteiger partial charge in [0, 0.05) is 5.69 Å². The van der Waals surface area contributed by atoms with E-state index in [0.717, 1.165) is 22.3 Å². The van der Waals surface area contributed by atoms with Gasteiger partial charge in [0.2, 0.25) is 0 Å². The maximum atomic E-state index is 11.0. The number of nitrogen functional groups attached to an aromatic ring is 1. The van der Waals surface area contributed by atoms with E-state index in [1.807, 2.05) is 30.3 Å². The summed E-state index contributed by atoms with van der Waals surface area (Å²) in [4.78, 5) is 21.3. The third-order valence-electron chi connectivity index (χ3n) is 3.79. The quantitative estimate of drug-likeness (QED) is 0.547. The molecule has 3 N–H and O–H groups in total. The summed E-state index contributed by atoms with van der Waals surface area (Å²) in [5, 5.41) is 8.99. The lowest BCUT2D eigenvalue weighted by atomic mass is 9.97. The molecule has 5 heteroatoms. The number of anilines is 1. The fourth-order valence-electron chi connectivity index (χ4n) is 2.57. The van der Waals surface area contributed by atoms with Gasteiger partial charge in [-0.1, -0.05) is 24.3 Å². The highest BCUT2D eigenvalue weighted by Gasteiger charge is 2.07. The van der Waals surface area contributed by atoms with Crippen molar-refractivity contribution in [1.29, 1.82) is 0 Å². The summed E-state index contributed by atoms with van der Waals surface area (Å²) in [5.41, 5.74) is 10.5. The lowest BCUT2D eigenvalue weighted by Crippen LogP contribution is -1.95. The third-order valence-corrected chi connectivity index (χ3v) is 3.79. The molecule has 0 saturated heterocycles. The maximum absolute atomic E-state index is 11.0. The van der Waals surface area contributed by atoms with Crippen LogP contribution in [0.1, 0.15) is 10.4 Å². The van der Waals surface area contributed by atoms with Crippen LogP contribution in [0.5, 0.6) is 5.75 Å². The second-order valence-electron chi connectivity index (χ2n) is 5.46. The Bertz CT molecular complexity index is 915. The summed E-state index contributed by atoms with van der Waals surface area (Å²) in [7, 11) is 0. The number of carbonyl (C=O) groups is 2. The van der Waals surface area contributed by atoms with E-state index in [1.165, 1.54) is 0 Å². The highest BCUT2D eigenvalue weighted by atomic mass is 16.5. The molecule has 0 amide bonds. The van der Waals surface area contributed by atoms with Crippen LogP contribution in [0, 0.1) is 0 Å². The Balaban J connectivity index is 1.97. The lowest BCUT2D eigenvalue weighted by Gasteiger charge is -2.09. The molecule has 0 aliphatic rings. The van der Waals surface area contributed by atoms with E-state index in [9.17, 15) is 9.59 Å². The normalized spacial score (nSPS) is 10.2. The zero-order valence-corrected chi connectivity index (χ0v) is 13.2. The SMILES string of the molecule is Nc1cc(-c2ccc(OC=O)cc2)cc(-c2ccc(C(=O)O)cc2)c1. The standard InChI is InChI=1S/C20H15NO4/c21-18-10-16(13-1-3-15(4-2-13)20(23)24)9-17(11-18)14-5-7-19(8-6-14)25-12-22/h1-12H,21H2,(H,23,24). The first kappa shape index (κ1) is 16.3. The molecule has 0 aromatic heterocycles. The predicted molar refractivity (Wildman–Crippen MR) is 95.4 cm³/mol. The zero-order valence-electron chi connectivity index (χ0n) is 13.2. The highest BCUT2D eigenvalue weighted by molar-refractivity contribution is 5.88. The van der Waals surface area contributed by atoms with E-state index in [1.54, 1.807) is 36.4 Å². The van der Waals surface area contributed by atoms with Crippen LogP contribution < -0.4 is 10.5 Å². The van der Waals surface area contributed by atoms with Crippen LogP contribution >= 0.6 is 0 Å². The molecule has 3 aromatic carbocycles. The third kappa shape index (κ3) is 3.67. The molecule has 0 bridgehead atoms. The van der Waals surface area contributed by atoms with Crippen molar-refractivity contribution >= 4 is 18.1 Å². The Morgan fingerprint density at radius 2 is 1.36 bits per heavy atom. The van der Waals surface area contributed by atoms with Gasteiger partial charge in [-0.05, 0) is 64.7 Å². The molecule has 0 aliphatic carbocycles. The number of hydrogen-bond acceptors (Lipinski definition) is 4. The van der Waals surface area contributed by atoms with Crippen molar-refractivity contribution in [3.8, 4) is 28.0 Å². The predicted octanol–water partition coefficient (Wildman–Crippen LogP) is 3.84.